The normalized spacial score (nSPS) is 11.9. The van der Waals surface area contributed by atoms with Crippen molar-refractivity contribution in [1.29, 1.82) is 0 Å². The molecule has 0 aliphatic rings. The van der Waals surface area contributed by atoms with Crippen molar-refractivity contribution >= 4 is 33.2 Å². The van der Waals surface area contributed by atoms with Crippen LogP contribution in [0.2, 0.25) is 5.02 Å². The number of hydrogen-bond donors (Lipinski definition) is 1. The van der Waals surface area contributed by atoms with Gasteiger partial charge in [0.2, 0.25) is 5.91 Å². The molecule has 0 atom stereocenters. The van der Waals surface area contributed by atoms with E-state index in [4.69, 9.17) is 11.6 Å². The Morgan fingerprint density at radius 3 is 2.15 bits per heavy atom. The van der Waals surface area contributed by atoms with E-state index in [0.717, 1.165) is 15.4 Å². The number of benzene rings is 2. The fraction of sp³-hybridized carbons (Fsp3) is 0.350. The van der Waals surface area contributed by atoms with Crippen molar-refractivity contribution in [2.75, 3.05) is 10.8 Å². The third kappa shape index (κ3) is 5.47. The summed E-state index contributed by atoms with van der Waals surface area (Å²) in [6, 6.07) is 11.2. The van der Waals surface area contributed by atoms with Gasteiger partial charge >= 0.3 is 0 Å². The molecule has 2 aromatic rings. The number of carbonyl (C=O) groups is 1. The van der Waals surface area contributed by atoms with E-state index in [-0.39, 0.29) is 17.3 Å². The van der Waals surface area contributed by atoms with Crippen LogP contribution in [0.5, 0.6) is 0 Å². The van der Waals surface area contributed by atoms with E-state index in [0.29, 0.717) is 10.7 Å². The first kappa shape index (κ1) is 21.3. The molecule has 0 aliphatic heterocycles. The molecule has 1 amide bonds. The van der Waals surface area contributed by atoms with E-state index in [1.807, 2.05) is 40.7 Å². The van der Waals surface area contributed by atoms with Crippen molar-refractivity contribution in [3.8, 4) is 0 Å². The number of nitrogens with zero attached hydrogens (tertiary/aromatic N) is 1. The molecule has 0 aliphatic carbocycles. The van der Waals surface area contributed by atoms with Gasteiger partial charge in [-0.25, -0.2) is 8.42 Å². The van der Waals surface area contributed by atoms with Gasteiger partial charge in [-0.2, -0.15) is 0 Å². The average Bonchev–Trinajstić information content (AvgIpc) is 2.54. The van der Waals surface area contributed by atoms with Gasteiger partial charge in [0.25, 0.3) is 10.0 Å². The Morgan fingerprint density at radius 1 is 1.04 bits per heavy atom. The Hall–Kier alpha value is -2.05. The van der Waals surface area contributed by atoms with E-state index in [2.05, 4.69) is 5.32 Å². The van der Waals surface area contributed by atoms with Gasteiger partial charge in [0, 0.05) is 10.6 Å². The maximum Gasteiger partial charge on any atom is 0.264 e. The summed E-state index contributed by atoms with van der Waals surface area (Å²) in [5.41, 5.74) is 1.97. The van der Waals surface area contributed by atoms with Gasteiger partial charge in [-0.15, -0.1) is 0 Å². The third-order valence-electron chi connectivity index (χ3n) is 3.98. The van der Waals surface area contributed by atoms with Crippen LogP contribution < -0.4 is 9.62 Å². The fourth-order valence-electron chi connectivity index (χ4n) is 2.52. The molecule has 0 radical (unpaired) electrons. The molecular formula is C20H25ClN2O3S. The number of halogens is 1. The lowest BCUT2D eigenvalue weighted by Gasteiger charge is -2.27. The summed E-state index contributed by atoms with van der Waals surface area (Å²) in [6.45, 7) is 9.08. The van der Waals surface area contributed by atoms with Crippen molar-refractivity contribution in [3.05, 3.63) is 58.6 Å². The lowest BCUT2D eigenvalue weighted by Crippen LogP contribution is -2.47. The van der Waals surface area contributed by atoms with Gasteiger partial charge in [0.1, 0.15) is 6.54 Å². The SMILES string of the molecule is Cc1ccc(N(CC(=O)NC(C)(C)C)S(=O)(=O)c2ccc(Cl)cc2)cc1C. The summed E-state index contributed by atoms with van der Waals surface area (Å²) >= 11 is 5.88. The van der Waals surface area contributed by atoms with Gasteiger partial charge in [-0.05, 0) is 82.1 Å². The number of amides is 1. The molecule has 0 saturated heterocycles. The zero-order valence-electron chi connectivity index (χ0n) is 16.2. The molecule has 0 spiro atoms. The molecule has 146 valence electrons. The van der Waals surface area contributed by atoms with Gasteiger partial charge in [0.15, 0.2) is 0 Å². The molecule has 27 heavy (non-hydrogen) atoms. The summed E-state index contributed by atoms with van der Waals surface area (Å²) in [6.07, 6.45) is 0. The van der Waals surface area contributed by atoms with Crippen LogP contribution in [-0.2, 0) is 14.8 Å². The van der Waals surface area contributed by atoms with Crippen LogP contribution in [0.3, 0.4) is 0 Å². The maximum absolute atomic E-state index is 13.2. The minimum absolute atomic E-state index is 0.0775. The molecule has 2 aromatic carbocycles. The molecule has 0 saturated carbocycles. The molecule has 2 rings (SSSR count). The van der Waals surface area contributed by atoms with Crippen LogP contribution in [0, 0.1) is 13.8 Å². The van der Waals surface area contributed by atoms with Crippen molar-refractivity contribution in [1.82, 2.24) is 5.32 Å². The van der Waals surface area contributed by atoms with Crippen LogP contribution in [0.15, 0.2) is 47.4 Å². The zero-order valence-corrected chi connectivity index (χ0v) is 17.8. The van der Waals surface area contributed by atoms with Crippen LogP contribution in [-0.4, -0.2) is 26.4 Å². The van der Waals surface area contributed by atoms with E-state index in [1.54, 1.807) is 12.1 Å². The summed E-state index contributed by atoms with van der Waals surface area (Å²) in [4.78, 5) is 12.6. The molecule has 0 fully saturated rings. The van der Waals surface area contributed by atoms with E-state index in [1.165, 1.54) is 24.3 Å². The molecule has 0 bridgehead atoms. The number of carbonyl (C=O) groups excluding carboxylic acids is 1. The highest BCUT2D eigenvalue weighted by Crippen LogP contribution is 2.26. The highest BCUT2D eigenvalue weighted by atomic mass is 35.5. The number of nitrogens with one attached hydrogen (secondary N) is 1. The second kappa shape index (κ2) is 7.90. The van der Waals surface area contributed by atoms with Gasteiger partial charge in [0.05, 0.1) is 10.6 Å². The molecule has 0 aromatic heterocycles. The Labute approximate surface area is 166 Å². The van der Waals surface area contributed by atoms with Crippen LogP contribution in [0.1, 0.15) is 31.9 Å². The molecule has 0 heterocycles. The Morgan fingerprint density at radius 2 is 1.63 bits per heavy atom. The number of aryl methyl sites for hydroxylation is 2. The predicted molar refractivity (Wildman–Crippen MR) is 110 cm³/mol. The van der Waals surface area contributed by atoms with Gasteiger partial charge < -0.3 is 5.32 Å². The van der Waals surface area contributed by atoms with Crippen molar-refractivity contribution in [3.63, 3.8) is 0 Å². The van der Waals surface area contributed by atoms with Crippen molar-refractivity contribution < 1.29 is 13.2 Å². The molecule has 0 unspecified atom stereocenters. The largest absolute Gasteiger partial charge is 0.350 e. The van der Waals surface area contributed by atoms with Crippen LogP contribution in [0.25, 0.3) is 0 Å². The number of sulfonamides is 1. The van der Waals surface area contributed by atoms with E-state index >= 15 is 0 Å². The smallest absolute Gasteiger partial charge is 0.264 e. The maximum atomic E-state index is 13.2. The highest BCUT2D eigenvalue weighted by Gasteiger charge is 2.28. The van der Waals surface area contributed by atoms with Gasteiger partial charge in [-0.1, -0.05) is 17.7 Å². The summed E-state index contributed by atoms with van der Waals surface area (Å²) in [5, 5.41) is 3.25. The average molecular weight is 409 g/mol. The van der Waals surface area contributed by atoms with Crippen LogP contribution >= 0.6 is 11.6 Å². The first-order chi connectivity index (χ1) is 12.4. The monoisotopic (exact) mass is 408 g/mol. The lowest BCUT2D eigenvalue weighted by molar-refractivity contribution is -0.121. The highest BCUT2D eigenvalue weighted by molar-refractivity contribution is 7.92. The molecule has 5 nitrogen and oxygen atoms in total. The van der Waals surface area contributed by atoms with Crippen molar-refractivity contribution in [2.45, 2.75) is 45.1 Å². The predicted octanol–water partition coefficient (Wildman–Crippen LogP) is 4.07. The van der Waals surface area contributed by atoms with Crippen molar-refractivity contribution in [2.24, 2.45) is 0 Å². The second-order valence-electron chi connectivity index (χ2n) is 7.53. The Balaban J connectivity index is 2.49. The number of hydrogen-bond acceptors (Lipinski definition) is 3. The topological polar surface area (TPSA) is 66.5 Å². The first-order valence-corrected chi connectivity index (χ1v) is 10.4. The molecule has 1 N–H and O–H groups in total. The second-order valence-corrected chi connectivity index (χ2v) is 9.83. The molecular weight excluding hydrogens is 384 g/mol. The quantitative estimate of drug-likeness (QED) is 0.810. The van der Waals surface area contributed by atoms with E-state index in [9.17, 15) is 13.2 Å². The zero-order chi connectivity index (χ0) is 20.4. The number of anilines is 1. The Bertz CT molecular complexity index is 933. The summed E-state index contributed by atoms with van der Waals surface area (Å²) in [7, 11) is -3.94. The number of rotatable bonds is 5. The first-order valence-electron chi connectivity index (χ1n) is 8.57. The minimum Gasteiger partial charge on any atom is -0.350 e. The van der Waals surface area contributed by atoms with E-state index < -0.39 is 15.6 Å². The van der Waals surface area contributed by atoms with Gasteiger partial charge in [-0.3, -0.25) is 9.10 Å². The minimum atomic E-state index is -3.94. The summed E-state index contributed by atoms with van der Waals surface area (Å²) < 4.78 is 27.6. The fourth-order valence-corrected chi connectivity index (χ4v) is 4.06. The lowest BCUT2D eigenvalue weighted by atomic mass is 10.1. The standard InChI is InChI=1S/C20H25ClN2O3S/c1-14-6-9-17(12-15(14)2)23(13-19(24)22-20(3,4)5)27(25,26)18-10-7-16(21)8-11-18/h6-12H,13H2,1-5H3,(H,22,24). The third-order valence-corrected chi connectivity index (χ3v) is 6.02. The summed E-state index contributed by atoms with van der Waals surface area (Å²) in [5.74, 6) is -0.377. The van der Waals surface area contributed by atoms with Crippen LogP contribution in [0.4, 0.5) is 5.69 Å². The Kier molecular flexibility index (Phi) is 6.22. The molecule has 7 heteroatoms.